The average Bonchev–Trinajstić information content (AvgIpc) is 2.86. The van der Waals surface area contributed by atoms with Gasteiger partial charge in [-0.05, 0) is 0 Å². The van der Waals surface area contributed by atoms with E-state index in [-0.39, 0.29) is 0 Å². The molecule has 0 radical (unpaired) electrons. The molecule has 0 bridgehead atoms. The Morgan fingerprint density at radius 2 is 2.10 bits per heavy atom. The lowest BCUT2D eigenvalue weighted by atomic mass is 10.2. The molecule has 3 aromatic heterocycles. The number of nitrogens with one attached hydrogen (secondary N) is 1. The molecule has 7 nitrogen and oxygen atoms in total. The van der Waals surface area contributed by atoms with E-state index < -0.39 is 0 Å². The van der Waals surface area contributed by atoms with Crippen molar-refractivity contribution < 1.29 is 0 Å². The highest BCUT2D eigenvalue weighted by molar-refractivity contribution is 6.29. The molecule has 3 N–H and O–H groups in total. The largest absolute Gasteiger partial charge is 0.382 e. The zero-order chi connectivity index (χ0) is 14.1. The van der Waals surface area contributed by atoms with Gasteiger partial charge in [0.15, 0.2) is 5.65 Å². The van der Waals surface area contributed by atoms with Crippen molar-refractivity contribution in [2.45, 2.75) is 6.42 Å². The predicted molar refractivity (Wildman–Crippen MR) is 75.8 cm³/mol. The quantitative estimate of drug-likeness (QED) is 0.759. The molecule has 3 heterocycles. The minimum Gasteiger partial charge on any atom is -0.382 e. The molecular formula is C12H10ClN7. The molecule has 0 saturated carbocycles. The van der Waals surface area contributed by atoms with Crippen molar-refractivity contribution in [2.75, 3.05) is 5.73 Å². The number of anilines is 1. The van der Waals surface area contributed by atoms with Gasteiger partial charge in [-0.3, -0.25) is 0 Å². The van der Waals surface area contributed by atoms with Gasteiger partial charge in [-0.25, -0.2) is 24.9 Å². The van der Waals surface area contributed by atoms with E-state index in [2.05, 4.69) is 36.5 Å². The lowest BCUT2D eigenvalue weighted by molar-refractivity contribution is 1.000. The van der Waals surface area contributed by atoms with E-state index in [4.69, 9.17) is 17.3 Å². The molecule has 0 aliphatic carbocycles. The number of rotatable bonds is 3. The molecule has 3 rings (SSSR count). The highest BCUT2D eigenvalue weighted by Crippen LogP contribution is 2.22. The summed E-state index contributed by atoms with van der Waals surface area (Å²) >= 11 is 5.81. The zero-order valence-electron chi connectivity index (χ0n) is 10.3. The summed E-state index contributed by atoms with van der Waals surface area (Å²) in [5.41, 5.74) is 7.92. The van der Waals surface area contributed by atoms with Crippen LogP contribution in [0.2, 0.25) is 0 Å². The van der Waals surface area contributed by atoms with Crippen molar-refractivity contribution in [3.05, 3.63) is 36.2 Å². The Morgan fingerprint density at radius 1 is 1.25 bits per heavy atom. The number of hydrogen-bond donors (Lipinski definition) is 2. The molecular weight excluding hydrogens is 278 g/mol. The Labute approximate surface area is 119 Å². The van der Waals surface area contributed by atoms with E-state index >= 15 is 0 Å². The van der Waals surface area contributed by atoms with Gasteiger partial charge in [0, 0.05) is 11.5 Å². The number of fused-ring (bicyclic) bond motifs is 1. The first-order valence-electron chi connectivity index (χ1n) is 5.74. The third kappa shape index (κ3) is 2.30. The summed E-state index contributed by atoms with van der Waals surface area (Å²) in [5.74, 6) is 0.880. The highest BCUT2D eigenvalue weighted by atomic mass is 35.5. The van der Waals surface area contributed by atoms with Crippen LogP contribution in [0.25, 0.3) is 22.6 Å². The second-order valence-corrected chi connectivity index (χ2v) is 4.64. The third-order valence-electron chi connectivity index (χ3n) is 2.59. The van der Waals surface area contributed by atoms with E-state index in [1.807, 2.05) is 0 Å². The third-order valence-corrected chi connectivity index (χ3v) is 2.72. The lowest BCUT2D eigenvalue weighted by Crippen LogP contribution is -2.01. The number of halogens is 1. The molecule has 0 aliphatic heterocycles. The van der Waals surface area contributed by atoms with Gasteiger partial charge in [0.25, 0.3) is 0 Å². The van der Waals surface area contributed by atoms with E-state index in [1.165, 1.54) is 6.20 Å². The van der Waals surface area contributed by atoms with Crippen molar-refractivity contribution in [3.8, 4) is 11.4 Å². The number of allylic oxidation sites excluding steroid dienone is 1. The number of aromatic amines is 1. The van der Waals surface area contributed by atoms with E-state index in [0.717, 1.165) is 0 Å². The Kier molecular flexibility index (Phi) is 3.03. The molecule has 0 saturated heterocycles. The Hall–Kier alpha value is -2.54. The second-order valence-electron chi connectivity index (χ2n) is 4.11. The normalized spacial score (nSPS) is 10.8. The first-order valence-corrected chi connectivity index (χ1v) is 6.12. The Balaban J connectivity index is 2.19. The first-order chi connectivity index (χ1) is 9.63. The van der Waals surface area contributed by atoms with Crippen LogP contribution < -0.4 is 5.73 Å². The molecule has 0 spiro atoms. The fourth-order valence-electron chi connectivity index (χ4n) is 1.77. The summed E-state index contributed by atoms with van der Waals surface area (Å²) in [5, 5.41) is 0.457. The topological polar surface area (TPSA) is 106 Å². The van der Waals surface area contributed by atoms with Gasteiger partial charge in [-0.1, -0.05) is 18.2 Å². The van der Waals surface area contributed by atoms with Crippen LogP contribution >= 0.6 is 11.6 Å². The second kappa shape index (κ2) is 4.86. The number of nitrogen functional groups attached to an aromatic ring is 1. The maximum atomic E-state index is 5.81. The standard InChI is InChI=1S/C12H10ClN7/c1-6(13)2-9-19-10(7-3-16-8(14)4-15-7)11-12(20-9)18-5-17-11/h3-5H,1-2H2,(H2,14,16)(H,17,18,19,20). The van der Waals surface area contributed by atoms with Crippen LogP contribution in [0.5, 0.6) is 0 Å². The first kappa shape index (κ1) is 12.5. The summed E-state index contributed by atoms with van der Waals surface area (Å²) in [6.45, 7) is 3.65. The fourth-order valence-corrected chi connectivity index (χ4v) is 1.89. The average molecular weight is 288 g/mol. The van der Waals surface area contributed by atoms with Crippen LogP contribution in [0.3, 0.4) is 0 Å². The van der Waals surface area contributed by atoms with Crippen LogP contribution in [-0.4, -0.2) is 29.9 Å². The van der Waals surface area contributed by atoms with Crippen molar-refractivity contribution in [3.63, 3.8) is 0 Å². The molecule has 0 atom stereocenters. The van der Waals surface area contributed by atoms with Crippen LogP contribution in [-0.2, 0) is 6.42 Å². The summed E-state index contributed by atoms with van der Waals surface area (Å²) in [6.07, 6.45) is 4.93. The fraction of sp³-hybridized carbons (Fsp3) is 0.0833. The van der Waals surface area contributed by atoms with Gasteiger partial charge < -0.3 is 10.7 Å². The van der Waals surface area contributed by atoms with Gasteiger partial charge in [0.2, 0.25) is 0 Å². The summed E-state index contributed by atoms with van der Waals surface area (Å²) in [4.78, 5) is 24.1. The van der Waals surface area contributed by atoms with Crippen molar-refractivity contribution >= 4 is 28.6 Å². The van der Waals surface area contributed by atoms with E-state index in [1.54, 1.807) is 12.5 Å². The summed E-state index contributed by atoms with van der Waals surface area (Å²) in [6, 6.07) is 0. The SMILES string of the molecule is C=C(Cl)Cc1nc(-c2cnc(N)cn2)c2nc[nH]c2n1. The maximum absolute atomic E-state index is 5.81. The molecule has 0 aliphatic rings. The summed E-state index contributed by atoms with van der Waals surface area (Å²) in [7, 11) is 0. The number of nitrogens with two attached hydrogens (primary N) is 1. The molecule has 8 heteroatoms. The minimum atomic E-state index is 0.343. The van der Waals surface area contributed by atoms with Crippen molar-refractivity contribution in [2.24, 2.45) is 0 Å². The molecule has 0 unspecified atom stereocenters. The predicted octanol–water partition coefficient (Wildman–Crippen LogP) is 1.69. The van der Waals surface area contributed by atoms with Crippen molar-refractivity contribution in [1.29, 1.82) is 0 Å². The van der Waals surface area contributed by atoms with Gasteiger partial charge >= 0.3 is 0 Å². The molecule has 3 aromatic rings. The van der Waals surface area contributed by atoms with Gasteiger partial charge in [0.1, 0.15) is 28.5 Å². The smallest absolute Gasteiger partial charge is 0.161 e. The summed E-state index contributed by atoms with van der Waals surface area (Å²) < 4.78 is 0. The maximum Gasteiger partial charge on any atom is 0.161 e. The molecule has 0 fully saturated rings. The molecule has 0 amide bonds. The van der Waals surface area contributed by atoms with E-state index in [0.29, 0.717) is 45.6 Å². The minimum absolute atomic E-state index is 0.343. The number of aromatic nitrogens is 6. The molecule has 100 valence electrons. The molecule has 0 aromatic carbocycles. The number of H-pyrrole nitrogens is 1. The number of hydrogen-bond acceptors (Lipinski definition) is 6. The van der Waals surface area contributed by atoms with Crippen molar-refractivity contribution in [1.82, 2.24) is 29.9 Å². The van der Waals surface area contributed by atoms with Gasteiger partial charge in [-0.2, -0.15) is 0 Å². The number of nitrogens with zero attached hydrogens (tertiary/aromatic N) is 5. The van der Waals surface area contributed by atoms with Crippen LogP contribution in [0.15, 0.2) is 30.3 Å². The lowest BCUT2D eigenvalue weighted by Gasteiger charge is -2.04. The van der Waals surface area contributed by atoms with Crippen LogP contribution in [0.4, 0.5) is 5.82 Å². The van der Waals surface area contributed by atoms with Gasteiger partial charge in [-0.15, -0.1) is 0 Å². The van der Waals surface area contributed by atoms with Gasteiger partial charge in [0.05, 0.1) is 18.7 Å². The Bertz CT molecular complexity index is 778. The molecule has 20 heavy (non-hydrogen) atoms. The highest BCUT2D eigenvalue weighted by Gasteiger charge is 2.13. The Morgan fingerprint density at radius 3 is 2.80 bits per heavy atom. The zero-order valence-corrected chi connectivity index (χ0v) is 11.1. The van der Waals surface area contributed by atoms with Crippen LogP contribution in [0.1, 0.15) is 5.82 Å². The van der Waals surface area contributed by atoms with E-state index in [9.17, 15) is 0 Å². The van der Waals surface area contributed by atoms with Crippen LogP contribution in [0, 0.1) is 0 Å². The number of imidazole rings is 1. The monoisotopic (exact) mass is 287 g/mol.